The minimum atomic E-state index is -0.0985. The summed E-state index contributed by atoms with van der Waals surface area (Å²) in [4.78, 5) is 40.7. The molecule has 0 aliphatic carbocycles. The van der Waals surface area contributed by atoms with Crippen LogP contribution in [-0.4, -0.2) is 29.0 Å². The van der Waals surface area contributed by atoms with Crippen LogP contribution in [0.2, 0.25) is 0 Å². The van der Waals surface area contributed by atoms with Gasteiger partial charge in [0, 0.05) is 25.3 Å². The summed E-state index contributed by atoms with van der Waals surface area (Å²) in [6.07, 6.45) is 26.3. The molecule has 0 saturated carbocycles. The summed E-state index contributed by atoms with van der Waals surface area (Å²) in [5, 5.41) is 0. The van der Waals surface area contributed by atoms with E-state index in [1.807, 2.05) is 0 Å². The van der Waals surface area contributed by atoms with Gasteiger partial charge >= 0.3 is 0 Å². The summed E-state index contributed by atoms with van der Waals surface area (Å²) >= 11 is 0. The Balaban J connectivity index is 2.47. The van der Waals surface area contributed by atoms with Crippen molar-refractivity contribution in [2.45, 2.75) is 182 Å². The van der Waals surface area contributed by atoms with Crippen molar-refractivity contribution in [3.63, 3.8) is 0 Å². The van der Waals surface area contributed by atoms with Gasteiger partial charge in [-0.05, 0) is 44.4 Å². The molecule has 4 heteroatoms. The Kier molecular flexibility index (Phi) is 21.6. The highest BCUT2D eigenvalue weighted by Crippen LogP contribution is 2.34. The van der Waals surface area contributed by atoms with E-state index in [1.54, 1.807) is 4.90 Å². The van der Waals surface area contributed by atoms with Gasteiger partial charge in [-0.3, -0.25) is 19.3 Å². The molecule has 1 rings (SSSR count). The average molecular weight is 548 g/mol. The maximum Gasteiger partial charge on any atom is 0.233 e. The van der Waals surface area contributed by atoms with Crippen LogP contribution in [0.1, 0.15) is 182 Å². The maximum absolute atomic E-state index is 13.2. The van der Waals surface area contributed by atoms with Crippen molar-refractivity contribution >= 4 is 17.6 Å². The van der Waals surface area contributed by atoms with E-state index >= 15 is 0 Å². The standard InChI is InChI=1S/C35H65NO3/c1-5-9-13-15-20-26-31(25-19-14-10-6-2)33(37)27-21-16-22-28-36-34(38)29-32(35(36)39)30(23-17-11-7-3)24-18-12-8-4/h30-32H,5-29H2,1-4H3/t31-,32?/m0/s1. The second kappa shape index (κ2) is 23.5. The van der Waals surface area contributed by atoms with Gasteiger partial charge in [-0.2, -0.15) is 0 Å². The minimum absolute atomic E-state index is 0.0345. The molecular weight excluding hydrogens is 482 g/mol. The first-order valence-corrected chi connectivity index (χ1v) is 17.4. The number of likely N-dealkylation sites (tertiary alicyclic amines) is 1. The number of carbonyl (C=O) groups is 3. The first kappa shape index (κ1) is 35.8. The molecule has 2 atom stereocenters. The van der Waals surface area contributed by atoms with Crippen molar-refractivity contribution in [3.05, 3.63) is 0 Å². The topological polar surface area (TPSA) is 54.5 Å². The number of hydrogen-bond acceptors (Lipinski definition) is 3. The molecule has 1 unspecified atom stereocenters. The van der Waals surface area contributed by atoms with Crippen LogP contribution >= 0.6 is 0 Å². The Morgan fingerprint density at radius 1 is 0.641 bits per heavy atom. The number of unbranched alkanes of at least 4 members (excludes halogenated alkanes) is 13. The number of carbonyl (C=O) groups excluding carboxylic acids is 3. The number of rotatable bonds is 27. The smallest absolute Gasteiger partial charge is 0.233 e. The molecule has 0 bridgehead atoms. The van der Waals surface area contributed by atoms with Gasteiger partial charge in [0.15, 0.2) is 0 Å². The van der Waals surface area contributed by atoms with Gasteiger partial charge in [0.25, 0.3) is 0 Å². The second-order valence-electron chi connectivity index (χ2n) is 12.5. The SMILES string of the molecule is CCCCCCC[C@H](CCCCCC)C(=O)CCCCCN1C(=O)CC(C(CCCCC)CCCCC)C1=O. The predicted octanol–water partition coefficient (Wildman–Crippen LogP) is 10.2. The number of hydrogen-bond donors (Lipinski definition) is 0. The average Bonchev–Trinajstić information content (AvgIpc) is 3.21. The molecule has 2 amide bonds. The number of ketones is 1. The minimum Gasteiger partial charge on any atom is -0.299 e. The van der Waals surface area contributed by atoms with Crippen molar-refractivity contribution in [1.82, 2.24) is 4.90 Å². The summed E-state index contributed by atoms with van der Waals surface area (Å²) < 4.78 is 0. The fourth-order valence-corrected chi connectivity index (χ4v) is 6.40. The van der Waals surface area contributed by atoms with E-state index in [0.717, 1.165) is 57.8 Å². The van der Waals surface area contributed by atoms with E-state index in [4.69, 9.17) is 0 Å². The maximum atomic E-state index is 13.2. The fraction of sp³-hybridized carbons (Fsp3) is 0.914. The highest BCUT2D eigenvalue weighted by atomic mass is 16.2. The molecule has 0 aromatic carbocycles. The molecule has 0 aromatic heterocycles. The van der Waals surface area contributed by atoms with Gasteiger partial charge in [-0.1, -0.05) is 130 Å². The van der Waals surface area contributed by atoms with Crippen molar-refractivity contribution in [1.29, 1.82) is 0 Å². The molecule has 1 aliphatic heterocycles. The van der Waals surface area contributed by atoms with Crippen LogP contribution in [0.4, 0.5) is 0 Å². The summed E-state index contributed by atoms with van der Waals surface area (Å²) in [6, 6.07) is 0. The first-order valence-electron chi connectivity index (χ1n) is 17.4. The number of Topliss-reactive ketones (excluding diaryl/α,β-unsaturated/α-hetero) is 1. The normalized spacial score (nSPS) is 16.5. The number of imide groups is 1. The highest BCUT2D eigenvalue weighted by molar-refractivity contribution is 6.03. The van der Waals surface area contributed by atoms with Gasteiger partial charge in [-0.25, -0.2) is 0 Å². The molecule has 0 N–H and O–H groups in total. The molecule has 1 saturated heterocycles. The van der Waals surface area contributed by atoms with Crippen molar-refractivity contribution in [3.8, 4) is 0 Å². The Bertz CT molecular complexity index is 636. The number of nitrogens with zero attached hydrogens (tertiary/aromatic N) is 1. The summed E-state index contributed by atoms with van der Waals surface area (Å²) in [6.45, 7) is 9.45. The van der Waals surface area contributed by atoms with Crippen LogP contribution in [0.3, 0.4) is 0 Å². The van der Waals surface area contributed by atoms with Crippen LogP contribution < -0.4 is 0 Å². The van der Waals surface area contributed by atoms with Crippen LogP contribution in [0.25, 0.3) is 0 Å². The fourth-order valence-electron chi connectivity index (χ4n) is 6.40. The van der Waals surface area contributed by atoms with Crippen LogP contribution in [0, 0.1) is 17.8 Å². The van der Waals surface area contributed by atoms with E-state index in [1.165, 1.54) is 83.5 Å². The largest absolute Gasteiger partial charge is 0.299 e. The molecule has 39 heavy (non-hydrogen) atoms. The Labute approximate surface area is 242 Å². The molecule has 1 heterocycles. The quantitative estimate of drug-likeness (QED) is 0.0759. The van der Waals surface area contributed by atoms with Gasteiger partial charge < -0.3 is 0 Å². The van der Waals surface area contributed by atoms with Gasteiger partial charge in [0.05, 0.1) is 5.92 Å². The predicted molar refractivity (Wildman–Crippen MR) is 166 cm³/mol. The van der Waals surface area contributed by atoms with E-state index in [-0.39, 0.29) is 23.7 Å². The third-order valence-corrected chi connectivity index (χ3v) is 9.03. The second-order valence-corrected chi connectivity index (χ2v) is 12.5. The Morgan fingerprint density at radius 2 is 1.10 bits per heavy atom. The van der Waals surface area contributed by atoms with E-state index in [9.17, 15) is 14.4 Å². The van der Waals surface area contributed by atoms with Crippen molar-refractivity contribution in [2.75, 3.05) is 6.54 Å². The molecule has 0 radical (unpaired) electrons. The monoisotopic (exact) mass is 547 g/mol. The zero-order valence-corrected chi connectivity index (χ0v) is 26.6. The van der Waals surface area contributed by atoms with E-state index < -0.39 is 0 Å². The molecule has 1 aliphatic rings. The number of amides is 2. The van der Waals surface area contributed by atoms with E-state index in [2.05, 4.69) is 27.7 Å². The summed E-state index contributed by atoms with van der Waals surface area (Å²) in [5.74, 6) is 1.08. The summed E-state index contributed by atoms with van der Waals surface area (Å²) in [5.41, 5.74) is 0. The third-order valence-electron chi connectivity index (χ3n) is 9.03. The lowest BCUT2D eigenvalue weighted by atomic mass is 9.82. The molecule has 228 valence electrons. The van der Waals surface area contributed by atoms with Gasteiger partial charge in [-0.15, -0.1) is 0 Å². The lowest BCUT2D eigenvalue weighted by molar-refractivity contribution is -0.140. The zero-order valence-electron chi connectivity index (χ0n) is 26.6. The molecular formula is C35H65NO3. The van der Waals surface area contributed by atoms with Crippen molar-refractivity contribution < 1.29 is 14.4 Å². The lowest BCUT2D eigenvalue weighted by Gasteiger charge is -2.22. The van der Waals surface area contributed by atoms with Gasteiger partial charge in [0.2, 0.25) is 11.8 Å². The highest BCUT2D eigenvalue weighted by Gasteiger charge is 2.41. The molecule has 0 aromatic rings. The third kappa shape index (κ3) is 15.4. The van der Waals surface area contributed by atoms with Crippen LogP contribution in [-0.2, 0) is 14.4 Å². The molecule has 0 spiro atoms. The van der Waals surface area contributed by atoms with E-state index in [0.29, 0.717) is 31.1 Å². The van der Waals surface area contributed by atoms with Crippen LogP contribution in [0.15, 0.2) is 0 Å². The summed E-state index contributed by atoms with van der Waals surface area (Å²) in [7, 11) is 0. The Hall–Kier alpha value is -1.19. The molecule has 1 fully saturated rings. The first-order chi connectivity index (χ1) is 19.0. The lowest BCUT2D eigenvalue weighted by Crippen LogP contribution is -2.33. The zero-order chi connectivity index (χ0) is 28.7. The molecule has 4 nitrogen and oxygen atoms in total. The van der Waals surface area contributed by atoms with Crippen molar-refractivity contribution in [2.24, 2.45) is 17.8 Å². The van der Waals surface area contributed by atoms with Crippen LogP contribution in [0.5, 0.6) is 0 Å². The Morgan fingerprint density at radius 3 is 1.67 bits per heavy atom. The van der Waals surface area contributed by atoms with Gasteiger partial charge in [0.1, 0.15) is 5.78 Å².